The van der Waals surface area contributed by atoms with E-state index in [1.165, 1.54) is 13.8 Å². The highest BCUT2D eigenvalue weighted by Crippen LogP contribution is 2.28. The van der Waals surface area contributed by atoms with Gasteiger partial charge in [-0.1, -0.05) is 33.2 Å². The smallest absolute Gasteiger partial charge is 0.333 e. The number of carbonyl (C=O) groups is 8. The van der Waals surface area contributed by atoms with Crippen molar-refractivity contribution in [1.29, 1.82) is 0 Å². The molecule has 0 bridgehead atoms. The molecule has 0 aromatic carbocycles. The van der Waals surface area contributed by atoms with Gasteiger partial charge in [-0.25, -0.2) is 19.2 Å². The van der Waals surface area contributed by atoms with Crippen molar-refractivity contribution in [2.45, 2.75) is 130 Å². The van der Waals surface area contributed by atoms with Gasteiger partial charge in [-0.2, -0.15) is 0 Å². The zero-order valence-electron chi connectivity index (χ0n) is 35.1. The van der Waals surface area contributed by atoms with E-state index in [0.717, 1.165) is 0 Å². The summed E-state index contributed by atoms with van der Waals surface area (Å²) >= 11 is 0. The molecule has 0 radical (unpaired) electrons. The van der Waals surface area contributed by atoms with Gasteiger partial charge in [0.15, 0.2) is 6.10 Å². The van der Waals surface area contributed by atoms with Crippen LogP contribution in [0.15, 0.2) is 48.6 Å². The highest BCUT2D eigenvalue weighted by atomic mass is 16.7. The molecule has 0 aromatic heterocycles. The van der Waals surface area contributed by atoms with E-state index in [0.29, 0.717) is 56.9 Å². The lowest BCUT2D eigenvalue weighted by Gasteiger charge is -2.39. The van der Waals surface area contributed by atoms with E-state index in [-0.39, 0.29) is 75.4 Å². The van der Waals surface area contributed by atoms with Crippen LogP contribution in [0.5, 0.6) is 0 Å². The third-order valence-electron chi connectivity index (χ3n) is 7.97. The number of carbonyl (C=O) groups excluding carboxylic acids is 7. The molecule has 1 heterocycles. The molecule has 17 heteroatoms. The van der Waals surface area contributed by atoms with Gasteiger partial charge in [-0.05, 0) is 79.1 Å². The number of hydrogen-bond donors (Lipinski definition) is 1. The number of esters is 7. The van der Waals surface area contributed by atoms with Crippen LogP contribution in [0.2, 0.25) is 0 Å². The molecular formula is C42H62O17. The first-order valence-corrected chi connectivity index (χ1v) is 19.5. The van der Waals surface area contributed by atoms with Crippen molar-refractivity contribution < 1.29 is 81.4 Å². The predicted octanol–water partition coefficient (Wildman–Crippen LogP) is 5.58. The van der Waals surface area contributed by atoms with E-state index in [4.69, 9.17) is 43.0 Å². The van der Waals surface area contributed by atoms with Crippen molar-refractivity contribution in [3.05, 3.63) is 48.6 Å². The van der Waals surface area contributed by atoms with Crippen molar-refractivity contribution in [1.82, 2.24) is 0 Å². The van der Waals surface area contributed by atoms with Gasteiger partial charge < -0.3 is 43.0 Å². The molecule has 332 valence electrons. The molecule has 59 heavy (non-hydrogen) atoms. The number of unbranched alkanes of at least 4 members (excludes halogenated alkanes) is 4. The largest absolute Gasteiger partial charge is 0.481 e. The zero-order valence-corrected chi connectivity index (χ0v) is 35.1. The molecular weight excluding hydrogens is 776 g/mol. The van der Waals surface area contributed by atoms with Crippen LogP contribution >= 0.6 is 0 Å². The number of carboxylic acid groups (broad SMARTS) is 1. The van der Waals surface area contributed by atoms with E-state index >= 15 is 0 Å². The second-order valence-corrected chi connectivity index (χ2v) is 13.9. The number of hydrogen-bond acceptors (Lipinski definition) is 16. The van der Waals surface area contributed by atoms with Crippen LogP contribution in [0.4, 0.5) is 0 Å². The van der Waals surface area contributed by atoms with Crippen molar-refractivity contribution in [3.8, 4) is 0 Å². The molecule has 17 nitrogen and oxygen atoms in total. The second-order valence-electron chi connectivity index (χ2n) is 13.9. The van der Waals surface area contributed by atoms with Crippen LogP contribution in [0.1, 0.15) is 112 Å². The van der Waals surface area contributed by atoms with E-state index < -0.39 is 72.2 Å². The fourth-order valence-electron chi connectivity index (χ4n) is 4.63. The Balaban J connectivity index is 0.00000220. The van der Waals surface area contributed by atoms with Gasteiger partial charge in [0.1, 0.15) is 6.10 Å². The van der Waals surface area contributed by atoms with Crippen molar-refractivity contribution >= 4 is 47.8 Å². The summed E-state index contributed by atoms with van der Waals surface area (Å²) in [6, 6.07) is 0. The lowest BCUT2D eigenvalue weighted by molar-refractivity contribution is -0.252. The number of carboxylic acids is 1. The minimum atomic E-state index is -1.06. The zero-order chi connectivity index (χ0) is 44.9. The molecule has 1 fully saturated rings. The summed E-state index contributed by atoms with van der Waals surface area (Å²) in [7, 11) is 0. The van der Waals surface area contributed by atoms with Crippen LogP contribution in [0, 0.1) is 5.92 Å². The third-order valence-corrected chi connectivity index (χ3v) is 7.97. The summed E-state index contributed by atoms with van der Waals surface area (Å²) in [4.78, 5) is 93.2. The highest BCUT2D eigenvalue weighted by molar-refractivity contribution is 5.88. The minimum Gasteiger partial charge on any atom is -0.481 e. The first-order valence-electron chi connectivity index (χ1n) is 19.5. The number of rotatable bonds is 27. The van der Waals surface area contributed by atoms with Gasteiger partial charge in [-0.3, -0.25) is 19.2 Å². The van der Waals surface area contributed by atoms with Gasteiger partial charge in [0, 0.05) is 48.0 Å². The topological polar surface area (TPSA) is 231 Å². The van der Waals surface area contributed by atoms with E-state index in [1.54, 1.807) is 20.8 Å². The minimum absolute atomic E-state index is 0.0126. The molecule has 0 aliphatic carbocycles. The predicted molar refractivity (Wildman–Crippen MR) is 211 cm³/mol. The first kappa shape index (κ1) is 53.7. The van der Waals surface area contributed by atoms with Crippen molar-refractivity contribution in [3.63, 3.8) is 0 Å². The summed E-state index contributed by atoms with van der Waals surface area (Å²) in [6.07, 6.45) is 0.760. The number of aliphatic carboxylic acids is 1. The average molecular weight is 839 g/mol. The Kier molecular flexibility index (Phi) is 27.9. The highest BCUT2D eigenvalue weighted by Gasteiger charge is 2.44. The Hall–Kier alpha value is -5.32. The Morgan fingerprint density at radius 2 is 0.831 bits per heavy atom. The van der Waals surface area contributed by atoms with Crippen LogP contribution < -0.4 is 0 Å². The molecule has 1 N–H and O–H groups in total. The fourth-order valence-corrected chi connectivity index (χ4v) is 4.63. The Morgan fingerprint density at radius 1 is 0.508 bits per heavy atom. The molecule has 0 aromatic rings. The van der Waals surface area contributed by atoms with E-state index in [9.17, 15) is 38.4 Å². The van der Waals surface area contributed by atoms with Gasteiger partial charge in [0.05, 0.1) is 39.0 Å². The maximum absolute atomic E-state index is 12.7. The van der Waals surface area contributed by atoms with E-state index in [1.807, 2.05) is 0 Å². The van der Waals surface area contributed by atoms with Crippen LogP contribution in [0.3, 0.4) is 0 Å². The average Bonchev–Trinajstić information content (AvgIpc) is 3.16. The Bertz CT molecular complexity index is 1480. The van der Waals surface area contributed by atoms with Crippen LogP contribution in [-0.2, 0) is 76.3 Å². The van der Waals surface area contributed by atoms with Crippen molar-refractivity contribution in [2.75, 3.05) is 33.0 Å². The standard InChI is InChI=1S/C33H48O13.C9H14O4/c1-21(2)30(37)40-17-11-8-14-26(34)44-25-20-43-33(46-28(36)16-10-13-19-42-32(39)23(5)6)24(7)29(25)45-27(35)15-9-12-18-41-31(38)22(3)4;1-7(2)9(12)13-6-4-3-5-8(10)11/h24-25,29,33H,1,3,5,8-20H2,2,4,6-7H3;1,3-6H2,2H3,(H,10,11)/t24-,25-,29?,33?;/m1./s1. The summed E-state index contributed by atoms with van der Waals surface area (Å²) in [5.41, 5.74) is 1.20. The third kappa shape index (κ3) is 26.3. The second kappa shape index (κ2) is 30.7. The van der Waals surface area contributed by atoms with E-state index in [2.05, 4.69) is 26.3 Å². The maximum atomic E-state index is 12.7. The monoisotopic (exact) mass is 838 g/mol. The molecule has 0 spiro atoms. The Labute approximate surface area is 346 Å². The first-order chi connectivity index (χ1) is 27.8. The lowest BCUT2D eigenvalue weighted by Crippen LogP contribution is -2.53. The van der Waals surface area contributed by atoms with Gasteiger partial charge in [0.2, 0.25) is 6.29 Å². The normalized spacial score (nSPS) is 16.7. The SMILES string of the molecule is C=C(C)C(=O)OCCCCC(=O)O.C=C(C)C(=O)OCCCCC(=O)OC1OC[C@@H](OC(=O)CCCCOC(=O)C(=C)C)C(OC(=O)CCCCOC(=O)C(=C)C)[C@H]1C. The quantitative estimate of drug-likeness (QED) is 0.0461. The summed E-state index contributed by atoms with van der Waals surface area (Å²) in [5.74, 6) is -5.14. The molecule has 1 saturated heterocycles. The molecule has 1 aliphatic heterocycles. The van der Waals surface area contributed by atoms with Crippen LogP contribution in [-0.4, -0.2) is 104 Å². The molecule has 0 saturated carbocycles. The number of ether oxygens (including phenoxy) is 8. The van der Waals surface area contributed by atoms with Crippen LogP contribution in [0.25, 0.3) is 0 Å². The molecule has 0 amide bonds. The van der Waals surface area contributed by atoms with Gasteiger partial charge in [-0.15, -0.1) is 0 Å². The molecule has 4 atom stereocenters. The summed E-state index contributed by atoms with van der Waals surface area (Å²) in [5, 5.41) is 8.29. The van der Waals surface area contributed by atoms with Gasteiger partial charge in [0.25, 0.3) is 0 Å². The lowest BCUT2D eigenvalue weighted by atomic mass is 9.96. The molecule has 2 unspecified atom stereocenters. The summed E-state index contributed by atoms with van der Waals surface area (Å²) < 4.78 is 42.3. The molecule has 1 rings (SSSR count). The Morgan fingerprint density at radius 3 is 1.17 bits per heavy atom. The molecule has 1 aliphatic rings. The van der Waals surface area contributed by atoms with Crippen molar-refractivity contribution in [2.24, 2.45) is 5.92 Å². The maximum Gasteiger partial charge on any atom is 0.333 e. The fraction of sp³-hybridized carbons (Fsp3) is 0.619. The van der Waals surface area contributed by atoms with Gasteiger partial charge >= 0.3 is 47.8 Å². The summed E-state index contributed by atoms with van der Waals surface area (Å²) in [6.45, 7) is 22.2.